The first-order chi connectivity index (χ1) is 35.3. The smallest absolute Gasteiger partial charge is 0.303 e. The third kappa shape index (κ3) is 23.2. The van der Waals surface area contributed by atoms with Crippen LogP contribution in [0.2, 0.25) is 0 Å². The molecule has 21 nitrogen and oxygen atoms in total. The Morgan fingerprint density at radius 2 is 1.54 bits per heavy atom. The number of ketones is 1. The molecule has 17 N–H and O–H groups in total. The lowest BCUT2D eigenvalue weighted by Crippen LogP contribution is -2.56. The molecule has 2 heterocycles. The summed E-state index contributed by atoms with van der Waals surface area (Å²) in [6.45, 7) is 5.86. The number of benzene rings is 1. The summed E-state index contributed by atoms with van der Waals surface area (Å²) in [5.74, 6) is -4.50. The van der Waals surface area contributed by atoms with Crippen molar-refractivity contribution in [1.82, 2.24) is 41.5 Å². The van der Waals surface area contributed by atoms with Crippen LogP contribution in [0.25, 0.3) is 10.9 Å². The molecule has 0 bridgehead atoms. The van der Waals surface area contributed by atoms with E-state index >= 15 is 0 Å². The predicted octanol–water partition coefficient (Wildman–Crippen LogP) is 1.93. The maximum Gasteiger partial charge on any atom is 0.303 e. The van der Waals surface area contributed by atoms with E-state index in [1.165, 1.54) is 31.1 Å². The Morgan fingerprint density at radius 1 is 0.838 bits per heavy atom. The number of amides is 4. The first-order valence-corrected chi connectivity index (χ1v) is 27.3. The number of Topliss-reactive ketones (excluding diaryl/α,β-unsaturated/α-hetero) is 1. The van der Waals surface area contributed by atoms with E-state index in [0.717, 1.165) is 22.9 Å². The zero-order chi connectivity index (χ0) is 54.6. The Balaban J connectivity index is 1.90. The molecule has 0 saturated heterocycles. The van der Waals surface area contributed by atoms with E-state index < -0.39 is 78.0 Å². The molecule has 0 saturated carbocycles. The number of nitrogens with zero attached hydrogens (tertiary/aromatic N) is 2. The molecule has 3 aromatic rings. The van der Waals surface area contributed by atoms with Crippen molar-refractivity contribution in [2.75, 3.05) is 30.9 Å². The van der Waals surface area contributed by atoms with Crippen molar-refractivity contribution in [3.05, 3.63) is 78.5 Å². The Kier molecular flexibility index (Phi) is 28.7. The van der Waals surface area contributed by atoms with Crippen LogP contribution in [0.4, 0.5) is 0 Å². The molecule has 4 amide bonds. The number of H-pyrrole nitrogens is 2. The van der Waals surface area contributed by atoms with Gasteiger partial charge in [0.05, 0.1) is 30.4 Å². The Bertz CT molecular complexity index is 2290. The van der Waals surface area contributed by atoms with Crippen LogP contribution in [-0.2, 0) is 41.6 Å². The van der Waals surface area contributed by atoms with Gasteiger partial charge in [0.1, 0.15) is 12.3 Å². The van der Waals surface area contributed by atoms with Gasteiger partial charge in [0, 0.05) is 65.7 Å². The van der Waals surface area contributed by atoms with E-state index in [0.29, 0.717) is 50.1 Å². The minimum Gasteiger partial charge on any atom is -0.481 e. The fourth-order valence-electron chi connectivity index (χ4n) is 8.15. The van der Waals surface area contributed by atoms with E-state index in [9.17, 15) is 39.0 Å². The first-order valence-electron chi connectivity index (χ1n) is 25.2. The van der Waals surface area contributed by atoms with Gasteiger partial charge >= 0.3 is 5.97 Å². The van der Waals surface area contributed by atoms with Crippen molar-refractivity contribution in [1.29, 1.82) is 0 Å². The Morgan fingerprint density at radius 3 is 2.19 bits per heavy atom. The molecule has 23 heteroatoms. The number of para-hydroxylation sites is 1. The second kappa shape index (κ2) is 34.0. The number of thioether (sulfide) groups is 1. The van der Waals surface area contributed by atoms with Crippen LogP contribution in [0.3, 0.4) is 0 Å². The summed E-state index contributed by atoms with van der Waals surface area (Å²) >= 11 is 5.67. The number of aromatic amines is 2. The van der Waals surface area contributed by atoms with Crippen molar-refractivity contribution >= 4 is 76.6 Å². The molecular weight excluding hydrogens is 987 g/mol. The number of carboxylic acid groups (broad SMARTS) is 1. The molecule has 3 rings (SSSR count). The molecule has 0 aliphatic rings. The van der Waals surface area contributed by atoms with Crippen LogP contribution in [0.1, 0.15) is 89.8 Å². The molecule has 0 spiro atoms. The Labute approximate surface area is 444 Å². The lowest BCUT2D eigenvalue weighted by Gasteiger charge is -2.29. The number of unbranched alkanes of at least 4 members (excludes halogenated alkanes) is 1. The van der Waals surface area contributed by atoms with Crippen molar-refractivity contribution < 1.29 is 39.0 Å². The summed E-state index contributed by atoms with van der Waals surface area (Å²) in [5, 5.41) is 37.2. The number of hydrogen-bond donors (Lipinski definition) is 14. The average Bonchev–Trinajstić information content (AvgIpc) is 4.03. The standard InChI is InChI=1S/C51H81N13O8S2/c1-31(2)24-37(18-14-33(16-19-45(66)67)46(68)64-44(29-73)32(3)65)61-49(71)42(13-9-22-57-51(54)55)63-50(72)43(20-23-74-4)62-47(69)34(25-38-28-56-30-59-38)15-17-36(10-7-8-21-52)60-48(70)40(53)26-35-27-58-41-12-6-5-11-39(35)41/h5-6,11-12,14-15,17-18,27-28,30-31,33-34,36-37,40,42-44,47,58,62,69,73H,7-10,13,16,19-26,29,52-53H2,1-4H3,(H,56,59)(H,60,70)(H,61,71)(H,63,72)(H,64,68)(H,66,67)(H4,54,55,57)/b17-15+,18-14+. The number of hydrogen-bond acceptors (Lipinski definition) is 14. The monoisotopic (exact) mass is 1070 g/mol. The quantitative estimate of drug-likeness (QED) is 0.00980. The summed E-state index contributed by atoms with van der Waals surface area (Å²) in [7, 11) is 0. The van der Waals surface area contributed by atoms with Crippen LogP contribution in [-0.4, -0.2) is 140 Å². The van der Waals surface area contributed by atoms with Crippen molar-refractivity contribution in [3.8, 4) is 0 Å². The number of carbonyl (C=O) groups is 6. The highest BCUT2D eigenvalue weighted by Gasteiger charge is 2.31. The van der Waals surface area contributed by atoms with Crippen LogP contribution in [0.15, 0.2) is 72.3 Å². The Hall–Kier alpha value is -5.72. The number of aliphatic imine (C=N–C) groups is 1. The van der Waals surface area contributed by atoms with E-state index in [-0.39, 0.29) is 68.0 Å². The van der Waals surface area contributed by atoms with Gasteiger partial charge in [0.2, 0.25) is 23.6 Å². The lowest BCUT2D eigenvalue weighted by atomic mass is 9.97. The van der Waals surface area contributed by atoms with Crippen LogP contribution < -0.4 is 49.5 Å². The lowest BCUT2D eigenvalue weighted by molar-refractivity contribution is -0.137. The average molecular weight is 1070 g/mol. The van der Waals surface area contributed by atoms with Gasteiger partial charge in [-0.3, -0.25) is 39.1 Å². The number of fused-ring (bicyclic) bond motifs is 1. The molecule has 410 valence electrons. The topological polar surface area (TPSA) is 364 Å². The van der Waals surface area contributed by atoms with Gasteiger partial charge in [0.25, 0.3) is 0 Å². The van der Waals surface area contributed by atoms with Crippen molar-refractivity contribution in [3.63, 3.8) is 0 Å². The fraction of sp³-hybridized carbons (Fsp3) is 0.569. The maximum atomic E-state index is 14.4. The predicted molar refractivity (Wildman–Crippen MR) is 295 cm³/mol. The van der Waals surface area contributed by atoms with E-state index in [2.05, 4.69) is 59.2 Å². The summed E-state index contributed by atoms with van der Waals surface area (Å²) in [5.41, 5.74) is 26.1. The zero-order valence-corrected chi connectivity index (χ0v) is 44.8. The molecule has 9 unspecified atom stereocenters. The number of thiol groups is 1. The molecular formula is C51H81N13O8S2. The van der Waals surface area contributed by atoms with E-state index in [4.69, 9.17) is 22.9 Å². The van der Waals surface area contributed by atoms with Crippen LogP contribution in [0.5, 0.6) is 0 Å². The van der Waals surface area contributed by atoms with Gasteiger partial charge in [-0.15, -0.1) is 0 Å². The van der Waals surface area contributed by atoms with Crippen LogP contribution in [0, 0.1) is 17.8 Å². The number of aliphatic carboxylic acids is 1. The third-order valence-electron chi connectivity index (χ3n) is 12.3. The number of aliphatic hydroxyl groups is 1. The fourth-order valence-corrected chi connectivity index (χ4v) is 8.97. The molecule has 0 fully saturated rings. The summed E-state index contributed by atoms with van der Waals surface area (Å²) in [6, 6.07) is 2.88. The third-order valence-corrected chi connectivity index (χ3v) is 13.3. The summed E-state index contributed by atoms with van der Waals surface area (Å²) in [6.07, 6.45) is 15.7. The minimum atomic E-state index is -1.31. The van der Waals surface area contributed by atoms with Crippen molar-refractivity contribution in [2.24, 2.45) is 45.7 Å². The summed E-state index contributed by atoms with van der Waals surface area (Å²) < 4.78 is 0. The van der Waals surface area contributed by atoms with E-state index in [1.807, 2.05) is 56.6 Å². The normalized spacial score (nSPS) is 15.4. The van der Waals surface area contributed by atoms with Crippen molar-refractivity contribution in [2.45, 2.75) is 134 Å². The summed E-state index contributed by atoms with van der Waals surface area (Å²) in [4.78, 5) is 93.8. The minimum absolute atomic E-state index is 0.0499. The highest BCUT2D eigenvalue weighted by atomic mass is 32.2. The van der Waals surface area contributed by atoms with E-state index in [1.54, 1.807) is 18.3 Å². The van der Waals surface area contributed by atoms with Gasteiger partial charge in [-0.05, 0) is 107 Å². The second-order valence-electron chi connectivity index (χ2n) is 18.9. The highest BCUT2D eigenvalue weighted by Crippen LogP contribution is 2.20. The van der Waals surface area contributed by atoms with Gasteiger partial charge in [-0.2, -0.15) is 24.4 Å². The number of guanidine groups is 1. The molecule has 9 atom stereocenters. The number of nitrogens with two attached hydrogens (primary N) is 4. The molecule has 0 aliphatic heterocycles. The number of nitrogens with one attached hydrogen (secondary N) is 7. The van der Waals surface area contributed by atoms with Gasteiger partial charge < -0.3 is 64.4 Å². The molecule has 1 aromatic carbocycles. The first kappa shape index (κ1) is 62.6. The second-order valence-corrected chi connectivity index (χ2v) is 20.2. The number of carbonyl (C=O) groups excluding carboxylic acids is 5. The number of rotatable bonds is 37. The number of imidazole rings is 1. The number of aromatic nitrogens is 3. The maximum absolute atomic E-state index is 14.4. The van der Waals surface area contributed by atoms with Gasteiger partial charge in [-0.1, -0.05) is 56.4 Å². The molecule has 0 radical (unpaired) electrons. The molecule has 74 heavy (non-hydrogen) atoms. The molecule has 2 aromatic heterocycles. The SMILES string of the molecule is CSCCC(NC(O)C(/C=C/C(CCCCN)NC(=O)C(N)Cc1c[nH]c2ccccc12)Cc1cnc[nH]1)C(=O)NC(CCCN=C(N)N)C(=O)NC(/C=C/C(CCC(=O)O)C(=O)NC(CS)C(C)=O)CC(C)C. The number of aliphatic hydroxyl groups excluding tert-OH is 1. The van der Waals surface area contributed by atoms with Gasteiger partial charge in [-0.25, -0.2) is 4.98 Å². The van der Waals surface area contributed by atoms with Crippen LogP contribution >= 0.6 is 24.4 Å². The zero-order valence-electron chi connectivity index (χ0n) is 43.1. The largest absolute Gasteiger partial charge is 0.481 e. The van der Waals surface area contributed by atoms with Gasteiger partial charge in [0.15, 0.2) is 11.7 Å². The molecule has 0 aliphatic carbocycles. The highest BCUT2D eigenvalue weighted by molar-refractivity contribution is 7.98. The number of carboxylic acids is 1.